The Bertz CT molecular complexity index is 635. The molecule has 0 spiro atoms. The monoisotopic (exact) mass is 519 g/mol. The maximum absolute atomic E-state index is 12.3. The molecule has 12 nitrogen and oxygen atoms in total. The van der Waals surface area contributed by atoms with Gasteiger partial charge in [0.1, 0.15) is 18.2 Å². The van der Waals surface area contributed by atoms with Crippen LogP contribution < -0.4 is 5.73 Å². The normalized spacial score (nSPS) is 15.5. The first-order valence-electron chi connectivity index (χ1n) is 12.5. The highest BCUT2D eigenvalue weighted by Gasteiger charge is 2.22. The fourth-order valence-electron chi connectivity index (χ4n) is 3.31. The van der Waals surface area contributed by atoms with Gasteiger partial charge in [-0.3, -0.25) is 14.5 Å². The van der Waals surface area contributed by atoms with E-state index < -0.39 is 23.6 Å². The number of nitrogens with zero attached hydrogens (tertiary/aromatic N) is 2. The Morgan fingerprint density at radius 2 is 1.36 bits per heavy atom. The first-order chi connectivity index (χ1) is 17.1. The van der Waals surface area contributed by atoms with Crippen LogP contribution in [0, 0.1) is 0 Å². The van der Waals surface area contributed by atoms with Crippen molar-refractivity contribution in [3.8, 4) is 0 Å². The lowest BCUT2D eigenvalue weighted by Crippen LogP contribution is -2.49. The zero-order valence-corrected chi connectivity index (χ0v) is 22.3. The first kappa shape index (κ1) is 32.2. The van der Waals surface area contributed by atoms with Crippen LogP contribution in [0.25, 0.3) is 0 Å². The lowest BCUT2D eigenvalue weighted by atomic mass is 10.1. The Kier molecular flexibility index (Phi) is 16.5. The van der Waals surface area contributed by atoms with Crippen molar-refractivity contribution in [3.63, 3.8) is 0 Å². The van der Waals surface area contributed by atoms with E-state index in [1.165, 1.54) is 7.11 Å². The molecule has 1 aliphatic heterocycles. The molecule has 210 valence electrons. The van der Waals surface area contributed by atoms with Crippen LogP contribution in [0.3, 0.4) is 0 Å². The van der Waals surface area contributed by atoms with Gasteiger partial charge < -0.3 is 39.1 Å². The number of ether oxygens (including phenoxy) is 6. The summed E-state index contributed by atoms with van der Waals surface area (Å²) in [6.45, 7) is 12.2. The predicted octanol–water partition coefficient (Wildman–Crippen LogP) is -0.181. The zero-order valence-electron chi connectivity index (χ0n) is 22.3. The van der Waals surface area contributed by atoms with Crippen LogP contribution in [-0.2, 0) is 42.8 Å². The smallest absolute Gasteiger partial charge is 0.332 e. The molecule has 12 heteroatoms. The van der Waals surface area contributed by atoms with E-state index in [1.807, 2.05) is 25.7 Å². The molecule has 2 N–H and O–H groups in total. The Hall–Kier alpha value is -1.83. The number of carbonyl (C=O) groups excluding carboxylic acids is 3. The van der Waals surface area contributed by atoms with Crippen LogP contribution in [0.4, 0.5) is 0 Å². The van der Waals surface area contributed by atoms with Crippen LogP contribution in [0.5, 0.6) is 0 Å². The summed E-state index contributed by atoms with van der Waals surface area (Å²) in [5.41, 5.74) is 5.17. The topological polar surface area (TPSA) is 139 Å². The number of rotatable bonds is 18. The van der Waals surface area contributed by atoms with Crippen LogP contribution in [0.1, 0.15) is 33.6 Å². The second kappa shape index (κ2) is 18.4. The van der Waals surface area contributed by atoms with Crippen molar-refractivity contribution in [3.05, 3.63) is 0 Å². The number of hydrogen-bond donors (Lipinski definition) is 1. The van der Waals surface area contributed by atoms with E-state index in [1.54, 1.807) is 0 Å². The molecule has 0 saturated carbocycles. The average Bonchev–Trinajstić information content (AvgIpc) is 2.83. The van der Waals surface area contributed by atoms with E-state index in [9.17, 15) is 14.4 Å². The van der Waals surface area contributed by atoms with Gasteiger partial charge in [-0.1, -0.05) is 0 Å². The van der Waals surface area contributed by atoms with Crippen molar-refractivity contribution >= 4 is 17.8 Å². The van der Waals surface area contributed by atoms with E-state index in [4.69, 9.17) is 29.4 Å². The number of carbonyl (C=O) groups is 3. The molecule has 0 aliphatic carbocycles. The number of piperazine rings is 1. The van der Waals surface area contributed by atoms with E-state index in [0.717, 1.165) is 19.6 Å². The third-order valence-corrected chi connectivity index (χ3v) is 5.21. The van der Waals surface area contributed by atoms with Crippen molar-refractivity contribution in [2.24, 2.45) is 5.73 Å². The van der Waals surface area contributed by atoms with Gasteiger partial charge in [-0.15, -0.1) is 0 Å². The Morgan fingerprint density at radius 3 is 1.89 bits per heavy atom. The van der Waals surface area contributed by atoms with Gasteiger partial charge in [-0.2, -0.15) is 0 Å². The van der Waals surface area contributed by atoms with Gasteiger partial charge >= 0.3 is 11.9 Å². The molecule has 0 unspecified atom stereocenters. The van der Waals surface area contributed by atoms with Crippen LogP contribution in [0.2, 0.25) is 0 Å². The maximum atomic E-state index is 12.3. The third-order valence-electron chi connectivity index (χ3n) is 5.21. The van der Waals surface area contributed by atoms with Gasteiger partial charge in [0.25, 0.3) is 0 Å². The Morgan fingerprint density at radius 1 is 0.833 bits per heavy atom. The summed E-state index contributed by atoms with van der Waals surface area (Å²) >= 11 is 0. The minimum absolute atomic E-state index is 0.0136. The van der Waals surface area contributed by atoms with Crippen molar-refractivity contribution in [2.75, 3.05) is 92.7 Å². The lowest BCUT2D eigenvalue weighted by Gasteiger charge is -2.34. The van der Waals surface area contributed by atoms with Gasteiger partial charge in [0.15, 0.2) is 0 Å². The van der Waals surface area contributed by atoms with Gasteiger partial charge in [0, 0.05) is 39.1 Å². The number of esters is 2. The molecule has 1 rings (SSSR count). The maximum Gasteiger partial charge on any atom is 0.332 e. The zero-order chi connectivity index (χ0) is 26.8. The Labute approximate surface area is 214 Å². The molecule has 0 aromatic rings. The van der Waals surface area contributed by atoms with E-state index >= 15 is 0 Å². The molecule has 1 atom stereocenters. The molecule has 36 heavy (non-hydrogen) atoms. The number of amides is 1. The molecule has 1 aliphatic rings. The minimum Gasteiger partial charge on any atom is -0.468 e. The largest absolute Gasteiger partial charge is 0.468 e. The second-order valence-electron chi connectivity index (χ2n) is 9.37. The van der Waals surface area contributed by atoms with Crippen molar-refractivity contribution in [1.29, 1.82) is 0 Å². The van der Waals surface area contributed by atoms with Crippen molar-refractivity contribution in [2.45, 2.75) is 45.3 Å². The summed E-state index contributed by atoms with van der Waals surface area (Å²) in [5, 5.41) is 0. The summed E-state index contributed by atoms with van der Waals surface area (Å²) < 4.78 is 31.4. The first-order valence-corrected chi connectivity index (χ1v) is 12.5. The van der Waals surface area contributed by atoms with Gasteiger partial charge in [-0.05, 0) is 27.2 Å². The van der Waals surface area contributed by atoms with E-state index in [2.05, 4.69) is 9.64 Å². The molecule has 1 heterocycles. The van der Waals surface area contributed by atoms with Gasteiger partial charge in [0.05, 0.1) is 53.4 Å². The summed E-state index contributed by atoms with van der Waals surface area (Å²) in [6, 6.07) is -0.759. The fourth-order valence-corrected chi connectivity index (χ4v) is 3.31. The fraction of sp³-hybridized carbons (Fsp3) is 0.875. The van der Waals surface area contributed by atoms with Crippen molar-refractivity contribution < 1.29 is 42.8 Å². The molecule has 1 amide bonds. The second-order valence-corrected chi connectivity index (χ2v) is 9.37. The van der Waals surface area contributed by atoms with Crippen LogP contribution in [0.15, 0.2) is 0 Å². The standard InChI is InChI=1S/C24H45N3O9/c1-24(2,3)36-22(29)19-35-18-17-34-16-15-33-14-13-32-12-11-26-7-9-27(10-8-26)21(28)6-5-20(25)23(30)31-4/h20H,5-19,25H2,1-4H3/t20-/m0/s1. The van der Waals surface area contributed by atoms with Crippen LogP contribution in [-0.4, -0.2) is 132 Å². The minimum atomic E-state index is -0.759. The lowest BCUT2D eigenvalue weighted by molar-refractivity contribution is -0.160. The van der Waals surface area contributed by atoms with Crippen LogP contribution >= 0.6 is 0 Å². The van der Waals surface area contributed by atoms with Gasteiger partial charge in [0.2, 0.25) is 5.91 Å². The summed E-state index contributed by atoms with van der Waals surface area (Å²) in [6.07, 6.45) is 0.532. The highest BCUT2D eigenvalue weighted by atomic mass is 16.6. The van der Waals surface area contributed by atoms with E-state index in [0.29, 0.717) is 59.3 Å². The van der Waals surface area contributed by atoms with Crippen molar-refractivity contribution in [1.82, 2.24) is 9.80 Å². The van der Waals surface area contributed by atoms with Gasteiger partial charge in [-0.25, -0.2) is 4.79 Å². The Balaban J connectivity index is 1.90. The third kappa shape index (κ3) is 16.0. The molecule has 1 saturated heterocycles. The summed E-state index contributed by atoms with van der Waals surface area (Å²) in [4.78, 5) is 39.2. The average molecular weight is 520 g/mol. The summed E-state index contributed by atoms with van der Waals surface area (Å²) in [5.74, 6) is -0.872. The van der Waals surface area contributed by atoms with E-state index in [-0.39, 0.29) is 25.4 Å². The quantitative estimate of drug-likeness (QED) is 0.191. The number of hydrogen-bond acceptors (Lipinski definition) is 11. The molecule has 0 aromatic heterocycles. The molecule has 0 bridgehead atoms. The number of methoxy groups -OCH3 is 1. The highest BCUT2D eigenvalue weighted by Crippen LogP contribution is 2.07. The molecular formula is C24H45N3O9. The molecule has 1 fully saturated rings. The molecule has 0 aromatic carbocycles. The predicted molar refractivity (Wildman–Crippen MR) is 131 cm³/mol. The highest BCUT2D eigenvalue weighted by molar-refractivity contribution is 5.79. The molecular weight excluding hydrogens is 474 g/mol. The SMILES string of the molecule is COC(=O)[C@@H](N)CCC(=O)N1CCN(CCOCCOCCOCCOCC(=O)OC(C)(C)C)CC1. The summed E-state index contributed by atoms with van der Waals surface area (Å²) in [7, 11) is 1.29. The molecule has 0 radical (unpaired) electrons. The number of nitrogens with two attached hydrogens (primary N) is 1.